The Kier molecular flexibility index (Phi) is 2.41. The molecule has 0 aromatic carbocycles. The summed E-state index contributed by atoms with van der Waals surface area (Å²) in [5, 5.41) is 14.5. The molecule has 4 aliphatic rings. The molecule has 0 amide bonds. The summed E-state index contributed by atoms with van der Waals surface area (Å²) in [6.07, 6.45) is 7.34. The Bertz CT molecular complexity index is 439. The van der Waals surface area contributed by atoms with Gasteiger partial charge in [-0.2, -0.15) is 0 Å². The van der Waals surface area contributed by atoms with Gasteiger partial charge in [-0.15, -0.1) is 11.3 Å². The van der Waals surface area contributed by atoms with Crippen molar-refractivity contribution in [2.45, 2.75) is 51.0 Å². The lowest BCUT2D eigenvalue weighted by Crippen LogP contribution is -2.58. The Hall–Kier alpha value is -0.410. The van der Waals surface area contributed by atoms with Crippen LogP contribution < -0.4 is 0 Å². The first-order chi connectivity index (χ1) is 8.63. The molecule has 1 aromatic rings. The molecule has 0 unspecified atom stereocenters. The molecule has 0 saturated heterocycles. The summed E-state index contributed by atoms with van der Waals surface area (Å²) in [6, 6.07) is 0. The molecule has 2 nitrogen and oxygen atoms in total. The largest absolute Gasteiger partial charge is 0.389 e. The zero-order chi connectivity index (χ0) is 12.3. The molecule has 4 saturated carbocycles. The van der Waals surface area contributed by atoms with Gasteiger partial charge in [0.05, 0.1) is 10.6 Å². The van der Waals surface area contributed by atoms with Crippen molar-refractivity contribution in [3.05, 3.63) is 16.1 Å². The zero-order valence-electron chi connectivity index (χ0n) is 10.9. The van der Waals surface area contributed by atoms with Crippen molar-refractivity contribution in [3.8, 4) is 0 Å². The summed E-state index contributed by atoms with van der Waals surface area (Å²) in [7, 11) is 0. The standard InChI is InChI=1S/C15H21NOS/c1-9-8-18-14(16-9)7-15(17)12-3-10-2-11(5-12)6-13(15)4-10/h8,10-13,17H,2-7H2,1H3. The van der Waals surface area contributed by atoms with Crippen LogP contribution >= 0.6 is 11.3 Å². The number of rotatable bonds is 2. The molecule has 0 spiro atoms. The fraction of sp³-hybridized carbons (Fsp3) is 0.800. The molecule has 4 aliphatic carbocycles. The van der Waals surface area contributed by atoms with Crippen LogP contribution in [0.3, 0.4) is 0 Å². The van der Waals surface area contributed by atoms with Gasteiger partial charge in [-0.3, -0.25) is 0 Å². The number of aliphatic hydroxyl groups is 1. The highest BCUT2D eigenvalue weighted by atomic mass is 32.1. The maximum atomic E-state index is 11.2. The molecule has 4 fully saturated rings. The molecular weight excluding hydrogens is 242 g/mol. The summed E-state index contributed by atoms with van der Waals surface area (Å²) < 4.78 is 0. The lowest BCUT2D eigenvalue weighted by molar-refractivity contribution is -0.171. The van der Waals surface area contributed by atoms with E-state index in [9.17, 15) is 5.11 Å². The predicted octanol–water partition coefficient (Wildman–Crippen LogP) is 3.18. The van der Waals surface area contributed by atoms with E-state index in [-0.39, 0.29) is 0 Å². The summed E-state index contributed by atoms with van der Waals surface area (Å²) in [5.74, 6) is 2.95. The Morgan fingerprint density at radius 2 is 1.83 bits per heavy atom. The van der Waals surface area contributed by atoms with Crippen LogP contribution in [0.4, 0.5) is 0 Å². The van der Waals surface area contributed by atoms with Crippen molar-refractivity contribution in [1.82, 2.24) is 4.98 Å². The number of aryl methyl sites for hydroxylation is 1. The van der Waals surface area contributed by atoms with Crippen LogP contribution in [0.1, 0.15) is 42.8 Å². The monoisotopic (exact) mass is 263 g/mol. The van der Waals surface area contributed by atoms with E-state index < -0.39 is 5.60 Å². The Balaban J connectivity index is 1.62. The Labute approximate surface area is 112 Å². The highest BCUT2D eigenvalue weighted by Gasteiger charge is 2.56. The average Bonchev–Trinajstić information content (AvgIpc) is 2.71. The fourth-order valence-electron chi connectivity index (χ4n) is 5.02. The van der Waals surface area contributed by atoms with Crippen molar-refractivity contribution in [2.24, 2.45) is 23.7 Å². The molecule has 3 heteroatoms. The molecule has 1 heterocycles. The maximum Gasteiger partial charge on any atom is 0.0957 e. The topological polar surface area (TPSA) is 33.1 Å². The molecule has 18 heavy (non-hydrogen) atoms. The first-order valence-electron chi connectivity index (χ1n) is 7.27. The third-order valence-electron chi connectivity index (χ3n) is 5.65. The van der Waals surface area contributed by atoms with E-state index in [1.165, 1.54) is 32.1 Å². The fourth-order valence-corrected chi connectivity index (χ4v) is 5.89. The molecule has 0 radical (unpaired) electrons. The second-order valence-electron chi connectivity index (χ2n) is 6.86. The van der Waals surface area contributed by atoms with Crippen molar-refractivity contribution in [3.63, 3.8) is 0 Å². The first kappa shape index (κ1) is 11.4. The van der Waals surface area contributed by atoms with Crippen LogP contribution in [0.25, 0.3) is 0 Å². The minimum atomic E-state index is -0.433. The Morgan fingerprint density at radius 1 is 1.22 bits per heavy atom. The highest BCUT2D eigenvalue weighted by Crippen LogP contribution is 2.59. The minimum Gasteiger partial charge on any atom is -0.389 e. The van der Waals surface area contributed by atoms with Gasteiger partial charge in [0.25, 0.3) is 0 Å². The van der Waals surface area contributed by atoms with Crippen molar-refractivity contribution in [1.29, 1.82) is 0 Å². The van der Waals surface area contributed by atoms with E-state index in [4.69, 9.17) is 0 Å². The smallest absolute Gasteiger partial charge is 0.0957 e. The Morgan fingerprint density at radius 3 is 2.33 bits per heavy atom. The lowest BCUT2D eigenvalue weighted by Gasteiger charge is -2.58. The van der Waals surface area contributed by atoms with Crippen molar-refractivity contribution >= 4 is 11.3 Å². The molecule has 0 aliphatic heterocycles. The van der Waals surface area contributed by atoms with Gasteiger partial charge in [-0.1, -0.05) is 0 Å². The minimum absolute atomic E-state index is 0.433. The van der Waals surface area contributed by atoms with E-state index >= 15 is 0 Å². The molecule has 4 bridgehead atoms. The van der Waals surface area contributed by atoms with Crippen LogP contribution in [-0.4, -0.2) is 15.7 Å². The van der Waals surface area contributed by atoms with E-state index in [0.717, 1.165) is 29.0 Å². The van der Waals surface area contributed by atoms with Crippen molar-refractivity contribution < 1.29 is 5.11 Å². The van der Waals surface area contributed by atoms with Crippen LogP contribution in [0, 0.1) is 30.6 Å². The normalized spacial score (nSPS) is 45.7. The lowest BCUT2D eigenvalue weighted by atomic mass is 9.49. The molecular formula is C15H21NOS. The van der Waals surface area contributed by atoms with Gasteiger partial charge < -0.3 is 5.11 Å². The van der Waals surface area contributed by atoms with E-state index in [2.05, 4.69) is 10.4 Å². The summed E-state index contributed by atoms with van der Waals surface area (Å²) in [5.41, 5.74) is 0.667. The van der Waals surface area contributed by atoms with Gasteiger partial charge in [0.15, 0.2) is 0 Å². The number of hydrogen-bond donors (Lipinski definition) is 1. The van der Waals surface area contributed by atoms with Gasteiger partial charge >= 0.3 is 0 Å². The van der Waals surface area contributed by atoms with Gasteiger partial charge in [0.2, 0.25) is 0 Å². The summed E-state index contributed by atoms with van der Waals surface area (Å²) in [4.78, 5) is 4.57. The molecule has 98 valence electrons. The maximum absolute atomic E-state index is 11.2. The van der Waals surface area contributed by atoms with E-state index in [1.54, 1.807) is 11.3 Å². The summed E-state index contributed by atoms with van der Waals surface area (Å²) in [6.45, 7) is 2.04. The highest BCUT2D eigenvalue weighted by molar-refractivity contribution is 7.09. The van der Waals surface area contributed by atoms with Crippen LogP contribution in [0.15, 0.2) is 5.38 Å². The second-order valence-corrected chi connectivity index (χ2v) is 7.80. The third-order valence-corrected chi connectivity index (χ3v) is 6.62. The quantitative estimate of drug-likeness (QED) is 0.889. The van der Waals surface area contributed by atoms with E-state index in [1.807, 2.05) is 6.92 Å². The van der Waals surface area contributed by atoms with Gasteiger partial charge in [0, 0.05) is 17.5 Å². The first-order valence-corrected chi connectivity index (χ1v) is 8.15. The molecule has 5 rings (SSSR count). The van der Waals surface area contributed by atoms with Crippen LogP contribution in [-0.2, 0) is 6.42 Å². The van der Waals surface area contributed by atoms with Crippen LogP contribution in [0.2, 0.25) is 0 Å². The number of nitrogens with zero attached hydrogens (tertiary/aromatic N) is 1. The second kappa shape index (κ2) is 3.80. The molecule has 0 atom stereocenters. The van der Waals surface area contributed by atoms with Crippen molar-refractivity contribution in [2.75, 3.05) is 0 Å². The number of aromatic nitrogens is 1. The van der Waals surface area contributed by atoms with Gasteiger partial charge in [0.1, 0.15) is 0 Å². The zero-order valence-corrected chi connectivity index (χ0v) is 11.7. The number of hydrogen-bond acceptors (Lipinski definition) is 3. The summed E-state index contributed by atoms with van der Waals surface area (Å²) >= 11 is 1.72. The van der Waals surface area contributed by atoms with E-state index in [0.29, 0.717) is 11.8 Å². The van der Waals surface area contributed by atoms with Gasteiger partial charge in [-0.05, 0) is 62.7 Å². The van der Waals surface area contributed by atoms with Gasteiger partial charge in [-0.25, -0.2) is 4.98 Å². The van der Waals surface area contributed by atoms with Crippen LogP contribution in [0.5, 0.6) is 0 Å². The third kappa shape index (κ3) is 1.60. The molecule has 1 aromatic heterocycles. The SMILES string of the molecule is Cc1csc(CC2(O)C3CC4CC(C3)CC2C4)n1. The number of thiazole rings is 1. The predicted molar refractivity (Wildman–Crippen MR) is 72.5 cm³/mol. The molecule has 1 N–H and O–H groups in total. The average molecular weight is 263 g/mol.